The summed E-state index contributed by atoms with van der Waals surface area (Å²) in [6, 6.07) is 20.5. The monoisotopic (exact) mass is 334 g/mol. The summed E-state index contributed by atoms with van der Waals surface area (Å²) in [7, 11) is 0. The number of nitrogens with zero attached hydrogens (tertiary/aromatic N) is 2. The lowest BCUT2D eigenvalue weighted by molar-refractivity contribution is 1.38. The van der Waals surface area contributed by atoms with Crippen LogP contribution in [0.25, 0.3) is 33.1 Å². The first-order valence-corrected chi connectivity index (χ1v) is 7.51. The van der Waals surface area contributed by atoms with Gasteiger partial charge in [-0.25, -0.2) is 4.98 Å². The first-order chi connectivity index (χ1) is 10.3. The lowest BCUT2D eigenvalue weighted by Crippen LogP contribution is -1.87. The van der Waals surface area contributed by atoms with Crippen LogP contribution in [-0.4, -0.2) is 9.97 Å². The molecule has 0 aliphatic heterocycles. The van der Waals surface area contributed by atoms with Gasteiger partial charge in [0.15, 0.2) is 0 Å². The molecule has 4 aromatic rings. The molecule has 2 aromatic carbocycles. The third-order valence-electron chi connectivity index (χ3n) is 3.59. The molecule has 2 nitrogen and oxygen atoms in total. The Balaban J connectivity index is 1.94. The third kappa shape index (κ3) is 2.20. The van der Waals surface area contributed by atoms with E-state index in [1.165, 1.54) is 0 Å². The van der Waals surface area contributed by atoms with Crippen LogP contribution in [0, 0.1) is 0 Å². The summed E-state index contributed by atoms with van der Waals surface area (Å²) < 4.78 is 1.07. The predicted molar refractivity (Wildman–Crippen MR) is 90.2 cm³/mol. The van der Waals surface area contributed by atoms with E-state index in [2.05, 4.69) is 51.2 Å². The maximum absolute atomic E-state index is 4.78. The van der Waals surface area contributed by atoms with Crippen molar-refractivity contribution in [3.8, 4) is 11.3 Å². The van der Waals surface area contributed by atoms with Gasteiger partial charge in [0, 0.05) is 27.0 Å². The lowest BCUT2D eigenvalue weighted by atomic mass is 10.1. The Morgan fingerprint density at radius 2 is 1.48 bits per heavy atom. The summed E-state index contributed by atoms with van der Waals surface area (Å²) in [4.78, 5) is 9.17. The van der Waals surface area contributed by atoms with Crippen molar-refractivity contribution in [1.29, 1.82) is 0 Å². The Morgan fingerprint density at radius 3 is 2.33 bits per heavy atom. The highest BCUT2D eigenvalue weighted by Gasteiger charge is 2.05. The highest BCUT2D eigenvalue weighted by molar-refractivity contribution is 9.10. The number of aromatic nitrogens is 2. The van der Waals surface area contributed by atoms with Crippen LogP contribution >= 0.6 is 15.9 Å². The molecule has 2 heterocycles. The van der Waals surface area contributed by atoms with Gasteiger partial charge in [0.2, 0.25) is 0 Å². The molecule has 0 amide bonds. The van der Waals surface area contributed by atoms with Crippen LogP contribution in [0.5, 0.6) is 0 Å². The van der Waals surface area contributed by atoms with Gasteiger partial charge in [-0.1, -0.05) is 34.1 Å². The molecule has 0 N–H and O–H groups in total. The maximum Gasteiger partial charge on any atom is 0.0717 e. The van der Waals surface area contributed by atoms with Crippen LogP contribution in [0.15, 0.2) is 71.3 Å². The topological polar surface area (TPSA) is 25.8 Å². The average Bonchev–Trinajstić information content (AvgIpc) is 2.55. The normalized spacial score (nSPS) is 11.1. The summed E-state index contributed by atoms with van der Waals surface area (Å²) in [6.45, 7) is 0. The van der Waals surface area contributed by atoms with Crippen molar-refractivity contribution in [2.45, 2.75) is 0 Å². The zero-order valence-electron chi connectivity index (χ0n) is 11.1. The van der Waals surface area contributed by atoms with Gasteiger partial charge in [-0.3, -0.25) is 4.98 Å². The minimum Gasteiger partial charge on any atom is -0.256 e. The molecule has 0 spiro atoms. The zero-order valence-corrected chi connectivity index (χ0v) is 12.7. The first kappa shape index (κ1) is 12.5. The average molecular weight is 335 g/mol. The zero-order chi connectivity index (χ0) is 14.2. The molecule has 21 heavy (non-hydrogen) atoms. The fourth-order valence-electron chi connectivity index (χ4n) is 2.55. The molecule has 3 heteroatoms. The van der Waals surface area contributed by atoms with E-state index >= 15 is 0 Å². The Hall–Kier alpha value is -2.26. The van der Waals surface area contributed by atoms with E-state index in [1.54, 1.807) is 0 Å². The molecule has 2 aromatic heterocycles. The Bertz CT molecular complexity index is 946. The fourth-order valence-corrected chi connectivity index (χ4v) is 2.81. The van der Waals surface area contributed by atoms with Crippen LogP contribution in [0.4, 0.5) is 0 Å². The molecule has 100 valence electrons. The predicted octanol–water partition coefficient (Wildman–Crippen LogP) is 5.21. The van der Waals surface area contributed by atoms with Gasteiger partial charge < -0.3 is 0 Å². The van der Waals surface area contributed by atoms with E-state index < -0.39 is 0 Å². The van der Waals surface area contributed by atoms with E-state index in [1.807, 2.05) is 36.5 Å². The minimum atomic E-state index is 0.984. The summed E-state index contributed by atoms with van der Waals surface area (Å²) in [5, 5.41) is 2.28. The van der Waals surface area contributed by atoms with Crippen LogP contribution < -0.4 is 0 Å². The molecule has 0 saturated heterocycles. The molecule has 0 aliphatic rings. The van der Waals surface area contributed by atoms with E-state index in [4.69, 9.17) is 4.98 Å². The third-order valence-corrected chi connectivity index (χ3v) is 4.12. The van der Waals surface area contributed by atoms with E-state index in [9.17, 15) is 0 Å². The molecule has 0 radical (unpaired) electrons. The number of halogens is 1. The SMILES string of the molecule is Brc1ccc(-c2ccc3c(ccc4ncccc43)n2)cc1. The number of benzene rings is 2. The van der Waals surface area contributed by atoms with Crippen LogP contribution in [0.1, 0.15) is 0 Å². The number of rotatable bonds is 1. The first-order valence-electron chi connectivity index (χ1n) is 6.72. The fraction of sp³-hybridized carbons (Fsp3) is 0. The molecular formula is C18H11BrN2. The Labute approximate surface area is 130 Å². The second-order valence-corrected chi connectivity index (χ2v) is 5.82. The largest absolute Gasteiger partial charge is 0.256 e. The smallest absolute Gasteiger partial charge is 0.0717 e. The molecule has 0 aliphatic carbocycles. The van der Waals surface area contributed by atoms with Gasteiger partial charge in [-0.05, 0) is 42.5 Å². The number of pyridine rings is 2. The highest BCUT2D eigenvalue weighted by atomic mass is 79.9. The van der Waals surface area contributed by atoms with Crippen LogP contribution in [0.3, 0.4) is 0 Å². The van der Waals surface area contributed by atoms with Crippen molar-refractivity contribution < 1.29 is 0 Å². The summed E-state index contributed by atoms with van der Waals surface area (Å²) in [6.07, 6.45) is 1.82. The van der Waals surface area contributed by atoms with Crippen molar-refractivity contribution in [1.82, 2.24) is 9.97 Å². The molecule has 0 unspecified atom stereocenters. The van der Waals surface area contributed by atoms with E-state index in [0.29, 0.717) is 0 Å². The van der Waals surface area contributed by atoms with Crippen molar-refractivity contribution in [2.75, 3.05) is 0 Å². The Kier molecular flexibility index (Phi) is 2.93. The van der Waals surface area contributed by atoms with E-state index in [0.717, 1.165) is 37.5 Å². The molecule has 4 rings (SSSR count). The second-order valence-electron chi connectivity index (χ2n) is 4.91. The molecule has 0 fully saturated rings. The van der Waals surface area contributed by atoms with Crippen molar-refractivity contribution in [2.24, 2.45) is 0 Å². The quantitative estimate of drug-likeness (QED) is 0.446. The lowest BCUT2D eigenvalue weighted by Gasteiger charge is -2.06. The summed E-state index contributed by atoms with van der Waals surface area (Å²) >= 11 is 3.46. The maximum atomic E-state index is 4.78. The van der Waals surface area contributed by atoms with Gasteiger partial charge in [-0.15, -0.1) is 0 Å². The standard InChI is InChI=1S/C18H11BrN2/c19-13-5-3-12(4-6-13)16-8-7-15-14-2-1-11-20-17(14)9-10-18(15)21-16/h1-11H. The van der Waals surface area contributed by atoms with Gasteiger partial charge in [0.1, 0.15) is 0 Å². The van der Waals surface area contributed by atoms with Crippen LogP contribution in [0.2, 0.25) is 0 Å². The van der Waals surface area contributed by atoms with E-state index in [-0.39, 0.29) is 0 Å². The number of hydrogen-bond donors (Lipinski definition) is 0. The van der Waals surface area contributed by atoms with Gasteiger partial charge in [-0.2, -0.15) is 0 Å². The van der Waals surface area contributed by atoms with Gasteiger partial charge >= 0.3 is 0 Å². The van der Waals surface area contributed by atoms with Crippen molar-refractivity contribution in [3.63, 3.8) is 0 Å². The summed E-state index contributed by atoms with van der Waals surface area (Å²) in [5.74, 6) is 0. The number of hydrogen-bond acceptors (Lipinski definition) is 2. The summed E-state index contributed by atoms with van der Waals surface area (Å²) in [5.41, 5.74) is 4.10. The molecule has 0 saturated carbocycles. The van der Waals surface area contributed by atoms with Crippen molar-refractivity contribution in [3.05, 3.63) is 71.3 Å². The highest BCUT2D eigenvalue weighted by Crippen LogP contribution is 2.26. The Morgan fingerprint density at radius 1 is 0.714 bits per heavy atom. The molecule has 0 bridgehead atoms. The minimum absolute atomic E-state index is 0.984. The second kappa shape index (κ2) is 4.93. The molecule has 0 atom stereocenters. The van der Waals surface area contributed by atoms with Crippen molar-refractivity contribution >= 4 is 37.7 Å². The van der Waals surface area contributed by atoms with Gasteiger partial charge in [0.05, 0.1) is 16.7 Å². The number of fused-ring (bicyclic) bond motifs is 3. The molecular weight excluding hydrogens is 324 g/mol. The van der Waals surface area contributed by atoms with Gasteiger partial charge in [0.25, 0.3) is 0 Å². The van der Waals surface area contributed by atoms with Crippen LogP contribution in [-0.2, 0) is 0 Å².